The third-order valence-electron chi connectivity index (χ3n) is 2.14. The van der Waals surface area contributed by atoms with Gasteiger partial charge in [0.1, 0.15) is 0 Å². The number of aliphatic hydroxyl groups is 1. The average molecular weight is 219 g/mol. The summed E-state index contributed by atoms with van der Waals surface area (Å²) in [5.74, 6) is 0.729. The number of amides is 1. The number of rotatable bonds is 7. The van der Waals surface area contributed by atoms with E-state index in [0.29, 0.717) is 11.0 Å². The summed E-state index contributed by atoms with van der Waals surface area (Å²) in [6.07, 6.45) is 0.760. The summed E-state index contributed by atoms with van der Waals surface area (Å²) in [7, 11) is 0. The van der Waals surface area contributed by atoms with E-state index in [4.69, 9.17) is 5.11 Å². The van der Waals surface area contributed by atoms with Crippen molar-refractivity contribution >= 4 is 17.7 Å². The highest BCUT2D eigenvalue weighted by atomic mass is 32.2. The van der Waals surface area contributed by atoms with Gasteiger partial charge in [0.2, 0.25) is 5.91 Å². The maximum Gasteiger partial charge on any atom is 0.232 e. The Balaban J connectivity index is 3.71. The number of carbonyl (C=O) groups is 1. The molecule has 84 valence electrons. The van der Waals surface area contributed by atoms with Crippen LogP contribution in [0.1, 0.15) is 27.2 Å². The van der Waals surface area contributed by atoms with E-state index in [9.17, 15) is 4.79 Å². The summed E-state index contributed by atoms with van der Waals surface area (Å²) < 4.78 is 0. The van der Waals surface area contributed by atoms with Crippen molar-refractivity contribution < 1.29 is 9.90 Å². The Morgan fingerprint density at radius 1 is 1.43 bits per heavy atom. The van der Waals surface area contributed by atoms with E-state index in [0.717, 1.165) is 19.5 Å². The van der Waals surface area contributed by atoms with Gasteiger partial charge < -0.3 is 10.0 Å². The van der Waals surface area contributed by atoms with Gasteiger partial charge in [0.15, 0.2) is 0 Å². The van der Waals surface area contributed by atoms with Crippen LogP contribution in [0.5, 0.6) is 0 Å². The van der Waals surface area contributed by atoms with Crippen LogP contribution in [0.2, 0.25) is 0 Å². The smallest absolute Gasteiger partial charge is 0.232 e. The summed E-state index contributed by atoms with van der Waals surface area (Å²) in [6.45, 7) is 7.78. The molecule has 1 amide bonds. The first-order chi connectivity index (χ1) is 6.65. The molecule has 0 saturated heterocycles. The Bertz CT molecular complexity index is 160. The van der Waals surface area contributed by atoms with Crippen LogP contribution in [0.4, 0.5) is 0 Å². The number of aliphatic hydroxyl groups excluding tert-OH is 1. The first kappa shape index (κ1) is 13.8. The van der Waals surface area contributed by atoms with E-state index >= 15 is 0 Å². The van der Waals surface area contributed by atoms with E-state index in [1.54, 1.807) is 11.8 Å². The molecule has 1 atom stereocenters. The predicted molar refractivity (Wildman–Crippen MR) is 61.6 cm³/mol. The lowest BCUT2D eigenvalue weighted by atomic mass is 10.3. The number of carbonyl (C=O) groups excluding carboxylic acids is 1. The molecule has 0 saturated carbocycles. The molecule has 0 aliphatic carbocycles. The zero-order valence-corrected chi connectivity index (χ0v) is 10.1. The Hall–Kier alpha value is -0.220. The summed E-state index contributed by atoms with van der Waals surface area (Å²) >= 11 is 1.62. The lowest BCUT2D eigenvalue weighted by Gasteiger charge is -2.19. The minimum atomic E-state index is 0.199. The molecule has 1 unspecified atom stereocenters. The van der Waals surface area contributed by atoms with Gasteiger partial charge in [-0.1, -0.05) is 6.92 Å². The molecule has 0 rings (SSSR count). The van der Waals surface area contributed by atoms with Crippen LogP contribution in [0.25, 0.3) is 0 Å². The molecule has 0 aromatic rings. The standard InChI is InChI=1S/C10H21NO2S/c1-4-11(5-2)10(13)8-14-9(3)6-7-12/h9,12H,4-8H2,1-3H3. The van der Waals surface area contributed by atoms with E-state index in [2.05, 4.69) is 0 Å². The van der Waals surface area contributed by atoms with Crippen LogP contribution >= 0.6 is 11.8 Å². The fourth-order valence-electron chi connectivity index (χ4n) is 1.15. The van der Waals surface area contributed by atoms with Crippen molar-refractivity contribution in [3.63, 3.8) is 0 Å². The molecule has 0 bridgehead atoms. The van der Waals surface area contributed by atoms with Crippen molar-refractivity contribution in [2.45, 2.75) is 32.4 Å². The van der Waals surface area contributed by atoms with Crippen molar-refractivity contribution in [2.24, 2.45) is 0 Å². The highest BCUT2D eigenvalue weighted by molar-refractivity contribution is 8.00. The van der Waals surface area contributed by atoms with Crippen LogP contribution in [0.15, 0.2) is 0 Å². The Morgan fingerprint density at radius 3 is 2.43 bits per heavy atom. The third kappa shape index (κ3) is 5.50. The first-order valence-electron chi connectivity index (χ1n) is 5.15. The molecule has 3 nitrogen and oxygen atoms in total. The van der Waals surface area contributed by atoms with Gasteiger partial charge in [-0.2, -0.15) is 0 Å². The molecule has 1 N–H and O–H groups in total. The topological polar surface area (TPSA) is 40.5 Å². The Labute approximate surface area is 90.9 Å². The SMILES string of the molecule is CCN(CC)C(=O)CSC(C)CCO. The fraction of sp³-hybridized carbons (Fsp3) is 0.900. The maximum atomic E-state index is 11.6. The fourth-order valence-corrected chi connectivity index (χ4v) is 2.03. The maximum absolute atomic E-state index is 11.6. The lowest BCUT2D eigenvalue weighted by Crippen LogP contribution is -2.32. The lowest BCUT2D eigenvalue weighted by molar-refractivity contribution is -0.127. The largest absolute Gasteiger partial charge is 0.396 e. The van der Waals surface area contributed by atoms with Gasteiger partial charge in [0.05, 0.1) is 5.75 Å². The summed E-state index contributed by atoms with van der Waals surface area (Å²) in [4.78, 5) is 13.4. The van der Waals surface area contributed by atoms with Gasteiger partial charge in [-0.05, 0) is 20.3 Å². The monoisotopic (exact) mass is 219 g/mol. The van der Waals surface area contributed by atoms with Gasteiger partial charge in [-0.15, -0.1) is 11.8 Å². The number of nitrogens with zero attached hydrogens (tertiary/aromatic N) is 1. The zero-order chi connectivity index (χ0) is 11.0. The minimum Gasteiger partial charge on any atom is -0.396 e. The van der Waals surface area contributed by atoms with Gasteiger partial charge in [0.25, 0.3) is 0 Å². The molecule has 14 heavy (non-hydrogen) atoms. The second kappa shape index (κ2) is 8.12. The second-order valence-corrected chi connectivity index (χ2v) is 4.63. The van der Waals surface area contributed by atoms with E-state index < -0.39 is 0 Å². The first-order valence-corrected chi connectivity index (χ1v) is 6.20. The Morgan fingerprint density at radius 2 is 2.00 bits per heavy atom. The van der Waals surface area contributed by atoms with Crippen molar-refractivity contribution in [1.82, 2.24) is 4.90 Å². The number of thioether (sulfide) groups is 1. The van der Waals surface area contributed by atoms with E-state index in [1.165, 1.54) is 0 Å². The van der Waals surface area contributed by atoms with E-state index in [1.807, 2.05) is 25.7 Å². The highest BCUT2D eigenvalue weighted by Crippen LogP contribution is 2.13. The minimum absolute atomic E-state index is 0.199. The van der Waals surface area contributed by atoms with Crippen LogP contribution < -0.4 is 0 Å². The molecular weight excluding hydrogens is 198 g/mol. The second-order valence-electron chi connectivity index (χ2n) is 3.20. The molecule has 0 spiro atoms. The van der Waals surface area contributed by atoms with Gasteiger partial charge in [-0.3, -0.25) is 4.79 Å². The number of hydrogen-bond acceptors (Lipinski definition) is 3. The van der Waals surface area contributed by atoms with Crippen LogP contribution in [0, 0.1) is 0 Å². The molecule has 0 heterocycles. The summed E-state index contributed by atoms with van der Waals surface area (Å²) in [5.41, 5.74) is 0. The van der Waals surface area contributed by atoms with Crippen LogP contribution in [-0.4, -0.2) is 46.6 Å². The van der Waals surface area contributed by atoms with Gasteiger partial charge in [-0.25, -0.2) is 0 Å². The predicted octanol–water partition coefficient (Wildman–Crippen LogP) is 1.36. The Kier molecular flexibility index (Phi) is 7.99. The summed E-state index contributed by atoms with van der Waals surface area (Å²) in [6, 6.07) is 0. The molecular formula is C10H21NO2S. The van der Waals surface area contributed by atoms with Crippen molar-refractivity contribution in [2.75, 3.05) is 25.4 Å². The van der Waals surface area contributed by atoms with Crippen molar-refractivity contribution in [3.8, 4) is 0 Å². The van der Waals surface area contributed by atoms with Crippen LogP contribution in [0.3, 0.4) is 0 Å². The average Bonchev–Trinajstić information content (AvgIpc) is 2.17. The molecule has 0 aliphatic heterocycles. The van der Waals surface area contributed by atoms with Crippen LogP contribution in [-0.2, 0) is 4.79 Å². The normalized spacial score (nSPS) is 12.6. The molecule has 0 aromatic heterocycles. The zero-order valence-electron chi connectivity index (χ0n) is 9.32. The summed E-state index contributed by atoms with van der Waals surface area (Å²) in [5, 5.41) is 9.06. The van der Waals surface area contributed by atoms with Crippen molar-refractivity contribution in [1.29, 1.82) is 0 Å². The molecule has 0 fully saturated rings. The third-order valence-corrected chi connectivity index (χ3v) is 3.36. The van der Waals surface area contributed by atoms with Gasteiger partial charge in [0, 0.05) is 24.9 Å². The highest BCUT2D eigenvalue weighted by Gasteiger charge is 2.11. The molecule has 4 heteroatoms. The van der Waals surface area contributed by atoms with E-state index in [-0.39, 0.29) is 12.5 Å². The molecule has 0 radical (unpaired) electrons. The molecule has 0 aromatic carbocycles. The number of hydrogen-bond donors (Lipinski definition) is 1. The quantitative estimate of drug-likeness (QED) is 0.703. The molecule has 0 aliphatic rings. The van der Waals surface area contributed by atoms with Gasteiger partial charge >= 0.3 is 0 Å². The van der Waals surface area contributed by atoms with Crippen molar-refractivity contribution in [3.05, 3.63) is 0 Å².